The van der Waals surface area contributed by atoms with E-state index in [1.165, 1.54) is 0 Å². The van der Waals surface area contributed by atoms with Gasteiger partial charge in [-0.1, -0.05) is 79.7 Å². The van der Waals surface area contributed by atoms with Crippen LogP contribution in [-0.2, 0) is 13.0 Å². The maximum atomic E-state index is 12.1. The summed E-state index contributed by atoms with van der Waals surface area (Å²) < 4.78 is 5.30. The summed E-state index contributed by atoms with van der Waals surface area (Å²) in [5.74, 6) is 0.736. The van der Waals surface area contributed by atoms with Crippen molar-refractivity contribution in [3.63, 3.8) is 0 Å². The molecular weight excluding hydrogens is 342 g/mol. The van der Waals surface area contributed by atoms with E-state index in [2.05, 4.69) is 19.0 Å². The van der Waals surface area contributed by atoms with Crippen molar-refractivity contribution in [2.75, 3.05) is 0 Å². The van der Waals surface area contributed by atoms with Gasteiger partial charge < -0.3 is 14.4 Å². The Morgan fingerprint density at radius 2 is 1.50 bits per heavy atom. The van der Waals surface area contributed by atoms with E-state index in [1.54, 1.807) is 6.07 Å². The number of aliphatic hydroxyl groups is 1. The molecule has 0 bridgehead atoms. The maximum Gasteiger partial charge on any atom is 0.258 e. The number of aryl methyl sites for hydroxylation is 1. The fraction of sp³-hybridized carbons (Fsp3) is 0.286. The Kier molecular flexibility index (Phi) is 5.41. The quantitative estimate of drug-likeness (QED) is 0.630. The molecule has 1 aromatic heterocycles. The largest absolute Gasteiger partial charge is 0.424 e. The molecule has 1 heterocycles. The van der Waals surface area contributed by atoms with Crippen LogP contribution in [0.25, 0.3) is 0 Å². The van der Waals surface area contributed by atoms with Gasteiger partial charge in [-0.25, -0.2) is 0 Å². The molecule has 136 valence electrons. The maximum absolute atomic E-state index is 12.1. The van der Waals surface area contributed by atoms with Crippen molar-refractivity contribution in [3.8, 4) is 0 Å². The fourth-order valence-corrected chi connectivity index (χ4v) is 7.20. The average molecular weight is 368 g/mol. The van der Waals surface area contributed by atoms with Crippen LogP contribution in [0.15, 0.2) is 71.3 Å². The number of hydrogen-bond acceptors (Lipinski definition) is 4. The van der Waals surface area contributed by atoms with Crippen LogP contribution in [0, 0.1) is 0 Å². The van der Waals surface area contributed by atoms with Crippen LogP contribution in [-0.4, -0.2) is 23.4 Å². The second kappa shape index (κ2) is 7.58. The minimum absolute atomic E-state index is 0.125. The molecule has 0 atom stereocenters. The molecule has 0 fully saturated rings. The molecule has 0 aliphatic heterocycles. The van der Waals surface area contributed by atoms with Gasteiger partial charge in [-0.05, 0) is 21.8 Å². The molecule has 2 N–H and O–H groups in total. The Balaban J connectivity index is 1.95. The Hall–Kier alpha value is -2.21. The Morgan fingerprint density at radius 1 is 0.962 bits per heavy atom. The Labute approximate surface area is 155 Å². The molecule has 26 heavy (non-hydrogen) atoms. The van der Waals surface area contributed by atoms with Gasteiger partial charge in [0.05, 0.1) is 6.61 Å². The fourth-order valence-electron chi connectivity index (χ4n) is 3.47. The molecule has 5 heteroatoms. The molecule has 0 aliphatic carbocycles. The molecule has 0 amide bonds. The van der Waals surface area contributed by atoms with Crippen LogP contribution < -0.4 is 10.4 Å². The summed E-state index contributed by atoms with van der Waals surface area (Å²) in [5, 5.41) is 14.7. The van der Waals surface area contributed by atoms with Crippen LogP contribution in [0.4, 0.5) is 0 Å². The first-order chi connectivity index (χ1) is 12.5. The molecule has 0 saturated heterocycles. The lowest BCUT2D eigenvalue weighted by molar-refractivity contribution is 0.264. The van der Waals surface area contributed by atoms with Gasteiger partial charge in [0.25, 0.3) is 8.32 Å². The van der Waals surface area contributed by atoms with Gasteiger partial charge >= 0.3 is 0 Å². The van der Waals surface area contributed by atoms with Crippen LogP contribution >= 0.6 is 0 Å². The monoisotopic (exact) mass is 367 g/mol. The third-order valence-electron chi connectivity index (χ3n) is 5.13. The highest BCUT2D eigenvalue weighted by Gasteiger charge is 2.49. The van der Waals surface area contributed by atoms with Gasteiger partial charge in [-0.3, -0.25) is 0 Å². The van der Waals surface area contributed by atoms with Gasteiger partial charge in [0.15, 0.2) is 0 Å². The minimum Gasteiger partial charge on any atom is -0.424 e. The smallest absolute Gasteiger partial charge is 0.258 e. The van der Waals surface area contributed by atoms with Crippen molar-refractivity contribution in [2.45, 2.75) is 38.3 Å². The highest BCUT2D eigenvalue weighted by molar-refractivity contribution is 6.98. The average Bonchev–Trinajstić information content (AvgIpc) is 3.15. The van der Waals surface area contributed by atoms with E-state index in [1.807, 2.05) is 60.7 Å². The summed E-state index contributed by atoms with van der Waals surface area (Å²) in [4.78, 5) is 12.1. The van der Waals surface area contributed by atoms with Gasteiger partial charge in [0.1, 0.15) is 11.5 Å². The molecule has 3 rings (SSSR count). The highest BCUT2D eigenvalue weighted by atomic mass is 28.4. The normalized spacial score (nSPS) is 12.3. The van der Waals surface area contributed by atoms with Gasteiger partial charge in [0, 0.05) is 12.5 Å². The van der Waals surface area contributed by atoms with Crippen molar-refractivity contribution < 1.29 is 14.4 Å². The van der Waals surface area contributed by atoms with Gasteiger partial charge in [-0.15, -0.1) is 0 Å². The lowest BCUT2D eigenvalue weighted by Gasteiger charge is -2.41. The molecule has 0 aliphatic rings. The molecular formula is C21H25NO3Si. The topological polar surface area (TPSA) is 66.5 Å². The third kappa shape index (κ3) is 3.51. The summed E-state index contributed by atoms with van der Waals surface area (Å²) in [6, 6.07) is 21.8. The SMILES string of the molecule is CC(C)(CCc1cc(CO)no1)[Si](O)(c1ccccc1)c1ccccc1. The molecule has 4 nitrogen and oxygen atoms in total. The van der Waals surface area contributed by atoms with Crippen LogP contribution in [0.3, 0.4) is 0 Å². The number of benzene rings is 2. The standard InChI is InChI=1S/C21H25NO3Si/c1-21(2,14-13-18-15-17(16-23)22-25-18)26(24,19-9-5-3-6-10-19)20-11-7-4-8-12-20/h3-12,15,23-24H,13-14,16H2,1-2H3. The Bertz CT molecular complexity index is 791. The highest BCUT2D eigenvalue weighted by Crippen LogP contribution is 2.39. The number of aliphatic hydroxyl groups excluding tert-OH is 1. The first-order valence-electron chi connectivity index (χ1n) is 8.86. The minimum atomic E-state index is -3.00. The lowest BCUT2D eigenvalue weighted by atomic mass is 10.1. The van der Waals surface area contributed by atoms with Crippen molar-refractivity contribution in [3.05, 3.63) is 78.2 Å². The number of aromatic nitrogens is 1. The number of hydrogen-bond donors (Lipinski definition) is 2. The van der Waals surface area contributed by atoms with E-state index in [9.17, 15) is 4.80 Å². The molecule has 0 spiro atoms. The zero-order valence-electron chi connectivity index (χ0n) is 15.2. The van der Waals surface area contributed by atoms with E-state index in [4.69, 9.17) is 9.63 Å². The van der Waals surface area contributed by atoms with Crippen molar-refractivity contribution in [1.29, 1.82) is 0 Å². The molecule has 2 aromatic carbocycles. The summed E-state index contributed by atoms with van der Waals surface area (Å²) in [5.41, 5.74) is 0.538. The predicted octanol–water partition coefficient (Wildman–Crippen LogP) is 2.63. The Morgan fingerprint density at radius 3 is 1.96 bits per heavy atom. The van der Waals surface area contributed by atoms with Crippen LogP contribution in [0.5, 0.6) is 0 Å². The van der Waals surface area contributed by atoms with Crippen molar-refractivity contribution in [1.82, 2.24) is 5.16 Å². The predicted molar refractivity (Wildman–Crippen MR) is 105 cm³/mol. The zero-order chi connectivity index (χ0) is 18.6. The van der Waals surface area contributed by atoms with Crippen molar-refractivity contribution >= 4 is 18.7 Å². The second-order valence-electron chi connectivity index (χ2n) is 7.27. The zero-order valence-corrected chi connectivity index (χ0v) is 16.2. The van der Waals surface area contributed by atoms with Crippen molar-refractivity contribution in [2.24, 2.45) is 0 Å². The van der Waals surface area contributed by atoms with E-state index in [-0.39, 0.29) is 11.6 Å². The van der Waals surface area contributed by atoms with Gasteiger partial charge in [0.2, 0.25) is 0 Å². The summed E-state index contributed by atoms with van der Waals surface area (Å²) in [6.07, 6.45) is 1.41. The van der Waals surface area contributed by atoms with E-state index in [0.29, 0.717) is 12.1 Å². The van der Waals surface area contributed by atoms with E-state index < -0.39 is 8.32 Å². The van der Waals surface area contributed by atoms with E-state index in [0.717, 1.165) is 22.6 Å². The second-order valence-corrected chi connectivity index (χ2v) is 11.2. The van der Waals surface area contributed by atoms with E-state index >= 15 is 0 Å². The first-order valence-corrected chi connectivity index (χ1v) is 10.8. The number of nitrogens with zero attached hydrogens (tertiary/aromatic N) is 1. The molecule has 3 aromatic rings. The third-order valence-corrected chi connectivity index (χ3v) is 9.68. The molecule has 0 unspecified atom stereocenters. The molecule has 0 radical (unpaired) electrons. The lowest BCUT2D eigenvalue weighted by Crippen LogP contribution is -2.65. The molecule has 0 saturated carbocycles. The summed E-state index contributed by atoms with van der Waals surface area (Å²) >= 11 is 0. The first kappa shape index (κ1) is 18.6. The van der Waals surface area contributed by atoms with Crippen LogP contribution in [0.1, 0.15) is 31.7 Å². The summed E-state index contributed by atoms with van der Waals surface area (Å²) in [6.45, 7) is 4.13. The summed E-state index contributed by atoms with van der Waals surface area (Å²) in [7, 11) is -3.00. The van der Waals surface area contributed by atoms with Gasteiger partial charge in [-0.2, -0.15) is 0 Å². The number of rotatable bonds is 7. The van der Waals surface area contributed by atoms with Crippen LogP contribution in [0.2, 0.25) is 5.04 Å².